The Morgan fingerprint density at radius 2 is 2.10 bits per heavy atom. The van der Waals surface area contributed by atoms with Crippen molar-refractivity contribution < 1.29 is 18.2 Å². The Hall–Kier alpha value is -0.605. The standard InChI is InChI=1S/C5H5BF2O2/c6-10-4(9)3-1-5(7,8)2-3/h3H,1-2H2. The molecule has 54 valence electrons. The lowest BCUT2D eigenvalue weighted by Gasteiger charge is -2.32. The quantitative estimate of drug-likeness (QED) is 0.507. The summed E-state index contributed by atoms with van der Waals surface area (Å²) in [6.07, 6.45) is -0.855. The van der Waals surface area contributed by atoms with E-state index in [1.54, 1.807) is 0 Å². The van der Waals surface area contributed by atoms with Gasteiger partial charge in [0.25, 0.3) is 5.97 Å². The van der Waals surface area contributed by atoms with Gasteiger partial charge >= 0.3 is 8.05 Å². The van der Waals surface area contributed by atoms with E-state index in [1.807, 2.05) is 0 Å². The number of hydrogen-bond acceptors (Lipinski definition) is 2. The van der Waals surface area contributed by atoms with Crippen LogP contribution in [0.2, 0.25) is 0 Å². The zero-order valence-corrected chi connectivity index (χ0v) is 5.14. The molecule has 0 N–H and O–H groups in total. The molecule has 2 radical (unpaired) electrons. The highest BCUT2D eigenvalue weighted by Gasteiger charge is 2.49. The Balaban J connectivity index is 2.33. The van der Waals surface area contributed by atoms with Gasteiger partial charge in [-0.3, -0.25) is 4.79 Å². The average Bonchev–Trinajstić information content (AvgIpc) is 1.81. The van der Waals surface area contributed by atoms with Gasteiger partial charge in [0.05, 0.1) is 5.92 Å². The lowest BCUT2D eigenvalue weighted by atomic mass is 9.81. The van der Waals surface area contributed by atoms with Crippen molar-refractivity contribution in [3.63, 3.8) is 0 Å². The van der Waals surface area contributed by atoms with Gasteiger partial charge in [0.15, 0.2) is 0 Å². The molecule has 0 spiro atoms. The van der Waals surface area contributed by atoms with E-state index in [-0.39, 0.29) is 0 Å². The van der Waals surface area contributed by atoms with Gasteiger partial charge in [-0.25, -0.2) is 8.78 Å². The van der Waals surface area contributed by atoms with Gasteiger partial charge in [-0.05, 0) is 0 Å². The molecule has 2 nitrogen and oxygen atoms in total. The molecule has 0 aromatic heterocycles. The summed E-state index contributed by atoms with van der Waals surface area (Å²) in [6.45, 7) is 0. The Morgan fingerprint density at radius 3 is 2.40 bits per heavy atom. The topological polar surface area (TPSA) is 26.3 Å². The number of rotatable bonds is 1. The van der Waals surface area contributed by atoms with E-state index in [1.165, 1.54) is 0 Å². The molecule has 1 aliphatic rings. The fourth-order valence-electron chi connectivity index (χ4n) is 0.924. The maximum Gasteiger partial charge on any atom is 0.378 e. The normalized spacial score (nSPS) is 23.4. The number of carbonyl (C=O) groups excluding carboxylic acids is 1. The van der Waals surface area contributed by atoms with E-state index in [0.29, 0.717) is 0 Å². The minimum absolute atomic E-state index is 0.428. The first-order valence-corrected chi connectivity index (χ1v) is 2.83. The Morgan fingerprint density at radius 1 is 1.60 bits per heavy atom. The molecule has 10 heavy (non-hydrogen) atoms. The highest BCUT2D eigenvalue weighted by molar-refractivity contribution is 6.05. The first-order chi connectivity index (χ1) is 4.55. The molecule has 0 saturated heterocycles. The van der Waals surface area contributed by atoms with Crippen LogP contribution in [0.25, 0.3) is 0 Å². The minimum Gasteiger partial charge on any atom is -0.543 e. The maximum absolute atomic E-state index is 12.0. The van der Waals surface area contributed by atoms with Gasteiger partial charge < -0.3 is 4.65 Å². The van der Waals surface area contributed by atoms with Crippen molar-refractivity contribution >= 4 is 14.0 Å². The number of halogens is 2. The third kappa shape index (κ3) is 1.28. The zero-order chi connectivity index (χ0) is 7.78. The van der Waals surface area contributed by atoms with E-state index < -0.39 is 30.7 Å². The number of alkyl halides is 2. The molecule has 0 amide bonds. The van der Waals surface area contributed by atoms with Crippen LogP contribution in [0.15, 0.2) is 0 Å². The molecule has 0 aromatic carbocycles. The summed E-state index contributed by atoms with van der Waals surface area (Å²) < 4.78 is 27.8. The maximum atomic E-state index is 12.0. The summed E-state index contributed by atoms with van der Waals surface area (Å²) in [5, 5.41) is 0. The van der Waals surface area contributed by atoms with Crippen molar-refractivity contribution in [1.82, 2.24) is 0 Å². The summed E-state index contributed by atoms with van der Waals surface area (Å²) in [7, 11) is 4.48. The zero-order valence-electron chi connectivity index (χ0n) is 5.14. The molecular weight excluding hydrogens is 141 g/mol. The molecule has 0 bridgehead atoms. The number of hydrogen-bond donors (Lipinski definition) is 0. The van der Waals surface area contributed by atoms with Crippen LogP contribution in [0.4, 0.5) is 8.78 Å². The predicted octanol–water partition coefficient (Wildman–Crippen LogP) is 0.658. The van der Waals surface area contributed by atoms with E-state index in [9.17, 15) is 13.6 Å². The van der Waals surface area contributed by atoms with Crippen LogP contribution in [0.3, 0.4) is 0 Å². The van der Waals surface area contributed by atoms with Gasteiger partial charge in [0, 0.05) is 12.8 Å². The second kappa shape index (κ2) is 2.22. The highest BCUT2D eigenvalue weighted by Crippen LogP contribution is 2.42. The second-order valence-corrected chi connectivity index (χ2v) is 2.40. The Bertz CT molecular complexity index is 152. The fraction of sp³-hybridized carbons (Fsp3) is 0.800. The smallest absolute Gasteiger partial charge is 0.378 e. The SMILES string of the molecule is [B]OC(=O)C1CC(F)(F)C1. The lowest BCUT2D eigenvalue weighted by Crippen LogP contribution is -2.40. The van der Waals surface area contributed by atoms with Crippen LogP contribution in [0.1, 0.15) is 12.8 Å². The third-order valence-electron chi connectivity index (χ3n) is 1.54. The van der Waals surface area contributed by atoms with E-state index in [0.717, 1.165) is 0 Å². The van der Waals surface area contributed by atoms with Gasteiger partial charge in [0.2, 0.25) is 5.92 Å². The molecule has 5 heteroatoms. The molecule has 1 saturated carbocycles. The number of carbonyl (C=O) groups is 1. The summed E-state index contributed by atoms with van der Waals surface area (Å²) in [4.78, 5) is 10.4. The summed E-state index contributed by atoms with van der Waals surface area (Å²) >= 11 is 0. The van der Waals surface area contributed by atoms with Crippen molar-refractivity contribution in [3.8, 4) is 0 Å². The summed E-state index contributed by atoms with van der Waals surface area (Å²) in [5.41, 5.74) is 0. The molecule has 0 atom stereocenters. The van der Waals surface area contributed by atoms with E-state index in [4.69, 9.17) is 0 Å². The average molecular weight is 146 g/mol. The van der Waals surface area contributed by atoms with E-state index in [2.05, 4.69) is 12.7 Å². The molecule has 0 aliphatic heterocycles. The molecule has 0 heterocycles. The van der Waals surface area contributed by atoms with Crippen LogP contribution in [-0.4, -0.2) is 19.9 Å². The largest absolute Gasteiger partial charge is 0.543 e. The molecule has 0 aromatic rings. The first kappa shape index (κ1) is 7.50. The van der Waals surface area contributed by atoms with Crippen LogP contribution in [0, 0.1) is 5.92 Å². The third-order valence-corrected chi connectivity index (χ3v) is 1.54. The predicted molar refractivity (Wildman–Crippen MR) is 29.5 cm³/mol. The molecule has 1 fully saturated rings. The van der Waals surface area contributed by atoms with Gasteiger partial charge in [-0.15, -0.1) is 0 Å². The lowest BCUT2D eigenvalue weighted by molar-refractivity contribution is -0.162. The monoisotopic (exact) mass is 146 g/mol. The summed E-state index contributed by atoms with van der Waals surface area (Å²) in [5.74, 6) is -4.12. The van der Waals surface area contributed by atoms with E-state index >= 15 is 0 Å². The van der Waals surface area contributed by atoms with Crippen LogP contribution >= 0.6 is 0 Å². The van der Waals surface area contributed by atoms with Crippen LogP contribution < -0.4 is 0 Å². The van der Waals surface area contributed by atoms with Crippen molar-refractivity contribution in [1.29, 1.82) is 0 Å². The molecule has 0 unspecified atom stereocenters. The Labute approximate surface area is 58.0 Å². The molecule has 1 rings (SSSR count). The van der Waals surface area contributed by atoms with Gasteiger partial charge in [-0.2, -0.15) is 0 Å². The first-order valence-electron chi connectivity index (χ1n) is 2.83. The fourth-order valence-corrected chi connectivity index (χ4v) is 0.924. The van der Waals surface area contributed by atoms with Crippen molar-refractivity contribution in [2.24, 2.45) is 5.92 Å². The minimum atomic E-state index is -2.68. The van der Waals surface area contributed by atoms with Crippen LogP contribution in [-0.2, 0) is 9.45 Å². The molecule has 1 aliphatic carbocycles. The Kier molecular flexibility index (Phi) is 1.66. The summed E-state index contributed by atoms with van der Waals surface area (Å²) in [6, 6.07) is 0. The van der Waals surface area contributed by atoms with Crippen molar-refractivity contribution in [2.45, 2.75) is 18.8 Å². The van der Waals surface area contributed by atoms with Crippen molar-refractivity contribution in [2.75, 3.05) is 0 Å². The molecular formula is C5H5BF2O2. The van der Waals surface area contributed by atoms with Gasteiger partial charge in [0.1, 0.15) is 0 Å². The van der Waals surface area contributed by atoms with Crippen LogP contribution in [0.5, 0.6) is 0 Å². The second-order valence-electron chi connectivity index (χ2n) is 2.40. The highest BCUT2D eigenvalue weighted by atomic mass is 19.3. The van der Waals surface area contributed by atoms with Crippen molar-refractivity contribution in [3.05, 3.63) is 0 Å². The van der Waals surface area contributed by atoms with Gasteiger partial charge in [-0.1, -0.05) is 0 Å².